The van der Waals surface area contributed by atoms with Crippen LogP contribution in [0.5, 0.6) is 0 Å². The Balaban J connectivity index is 1.33. The second-order valence-electron chi connectivity index (χ2n) is 8.73. The molecule has 1 aromatic heterocycles. The normalized spacial score (nSPS) is 15.8. The van der Waals surface area contributed by atoms with Crippen molar-refractivity contribution in [3.8, 4) is 0 Å². The Bertz CT molecular complexity index is 1280. The first-order valence-corrected chi connectivity index (χ1v) is 11.7. The molecule has 0 N–H and O–H groups in total. The molecule has 0 bridgehead atoms. The summed E-state index contributed by atoms with van der Waals surface area (Å²) in [6, 6.07) is 12.6. The standard InChI is InChI=1S/C26H27N3O4/c30-24(28-15-7-9-18-8-4-5-10-22(18)28)17-33-26(32)19-12-13-20-21(16-19)27-23-11-3-1-2-6-14-29(23)25(20)31/h4-5,8,10,12-13,16H,1-3,6-7,9,11,14-15,17H2. The van der Waals surface area contributed by atoms with Gasteiger partial charge in [-0.25, -0.2) is 9.78 Å². The maximum atomic E-state index is 13.0. The van der Waals surface area contributed by atoms with Crippen LogP contribution in [0.15, 0.2) is 47.3 Å². The van der Waals surface area contributed by atoms with E-state index in [9.17, 15) is 14.4 Å². The number of amides is 1. The zero-order chi connectivity index (χ0) is 22.8. The molecule has 0 saturated heterocycles. The molecule has 0 saturated carbocycles. The summed E-state index contributed by atoms with van der Waals surface area (Å²) in [6.07, 6.45) is 6.81. The number of hydrogen-bond acceptors (Lipinski definition) is 5. The minimum atomic E-state index is -0.593. The van der Waals surface area contributed by atoms with Crippen molar-refractivity contribution in [1.29, 1.82) is 0 Å². The zero-order valence-corrected chi connectivity index (χ0v) is 18.6. The predicted octanol–water partition coefficient (Wildman–Crippen LogP) is 3.65. The molecule has 0 fully saturated rings. The van der Waals surface area contributed by atoms with E-state index in [4.69, 9.17) is 9.72 Å². The highest BCUT2D eigenvalue weighted by Gasteiger charge is 2.23. The maximum absolute atomic E-state index is 13.0. The van der Waals surface area contributed by atoms with Gasteiger partial charge in [-0.05, 0) is 55.5 Å². The van der Waals surface area contributed by atoms with Gasteiger partial charge in [-0.2, -0.15) is 0 Å². The first-order chi connectivity index (χ1) is 16.1. The van der Waals surface area contributed by atoms with E-state index in [1.807, 2.05) is 24.3 Å². The number of hydrogen-bond donors (Lipinski definition) is 0. The molecule has 7 heteroatoms. The van der Waals surface area contributed by atoms with Crippen LogP contribution in [0.2, 0.25) is 0 Å². The zero-order valence-electron chi connectivity index (χ0n) is 18.6. The molecular formula is C26H27N3O4. The first kappa shape index (κ1) is 21.4. The lowest BCUT2D eigenvalue weighted by molar-refractivity contribution is -0.121. The Morgan fingerprint density at radius 3 is 2.70 bits per heavy atom. The third-order valence-electron chi connectivity index (χ3n) is 6.54. The van der Waals surface area contributed by atoms with Crippen molar-refractivity contribution in [2.45, 2.75) is 51.5 Å². The third kappa shape index (κ3) is 4.27. The molecule has 2 aliphatic heterocycles. The van der Waals surface area contributed by atoms with Crippen molar-refractivity contribution in [2.24, 2.45) is 0 Å². The number of ether oxygens (including phenoxy) is 1. The second-order valence-corrected chi connectivity index (χ2v) is 8.73. The average molecular weight is 446 g/mol. The maximum Gasteiger partial charge on any atom is 0.338 e. The third-order valence-corrected chi connectivity index (χ3v) is 6.54. The predicted molar refractivity (Wildman–Crippen MR) is 126 cm³/mol. The summed E-state index contributed by atoms with van der Waals surface area (Å²) >= 11 is 0. The van der Waals surface area contributed by atoms with Gasteiger partial charge >= 0.3 is 5.97 Å². The van der Waals surface area contributed by atoms with E-state index in [1.165, 1.54) is 0 Å². The highest BCUT2D eigenvalue weighted by molar-refractivity contribution is 5.99. The van der Waals surface area contributed by atoms with Crippen molar-refractivity contribution in [2.75, 3.05) is 18.1 Å². The fraction of sp³-hybridized carbons (Fsp3) is 0.385. The summed E-state index contributed by atoms with van der Waals surface area (Å²) in [7, 11) is 0. The monoisotopic (exact) mass is 445 g/mol. The van der Waals surface area contributed by atoms with Crippen LogP contribution in [0.4, 0.5) is 5.69 Å². The first-order valence-electron chi connectivity index (χ1n) is 11.7. The number of nitrogens with zero attached hydrogens (tertiary/aromatic N) is 3. The van der Waals surface area contributed by atoms with Crippen molar-refractivity contribution < 1.29 is 14.3 Å². The molecule has 0 spiro atoms. The van der Waals surface area contributed by atoms with Crippen molar-refractivity contribution in [3.05, 3.63) is 69.8 Å². The van der Waals surface area contributed by atoms with Gasteiger partial charge in [-0.15, -0.1) is 0 Å². The Morgan fingerprint density at radius 1 is 0.939 bits per heavy atom. The second kappa shape index (κ2) is 9.17. The van der Waals surface area contributed by atoms with Gasteiger partial charge in [0.2, 0.25) is 0 Å². The molecule has 7 nitrogen and oxygen atoms in total. The summed E-state index contributed by atoms with van der Waals surface area (Å²) < 4.78 is 7.12. The lowest BCUT2D eigenvalue weighted by Gasteiger charge is -2.29. The van der Waals surface area contributed by atoms with E-state index in [-0.39, 0.29) is 23.6 Å². The fourth-order valence-corrected chi connectivity index (χ4v) is 4.80. The largest absolute Gasteiger partial charge is 0.452 e. The van der Waals surface area contributed by atoms with Gasteiger partial charge in [0, 0.05) is 25.2 Å². The topological polar surface area (TPSA) is 81.5 Å². The molecule has 0 aliphatic carbocycles. The van der Waals surface area contributed by atoms with E-state index in [1.54, 1.807) is 27.7 Å². The molecular weight excluding hydrogens is 418 g/mol. The molecule has 0 atom stereocenters. The number of fused-ring (bicyclic) bond motifs is 3. The minimum absolute atomic E-state index is 0.0595. The highest BCUT2D eigenvalue weighted by atomic mass is 16.5. The molecule has 5 rings (SSSR count). The number of aromatic nitrogens is 2. The smallest absolute Gasteiger partial charge is 0.338 e. The average Bonchev–Trinajstić information content (AvgIpc) is 2.83. The van der Waals surface area contributed by atoms with Gasteiger partial charge in [-0.1, -0.05) is 31.0 Å². The van der Waals surface area contributed by atoms with E-state index in [0.717, 1.165) is 62.0 Å². The van der Waals surface area contributed by atoms with E-state index < -0.39 is 5.97 Å². The molecule has 1 amide bonds. The van der Waals surface area contributed by atoms with Crippen LogP contribution in [0.25, 0.3) is 10.9 Å². The van der Waals surface area contributed by atoms with E-state index in [0.29, 0.717) is 24.0 Å². The quantitative estimate of drug-likeness (QED) is 0.575. The van der Waals surface area contributed by atoms with Crippen LogP contribution in [-0.4, -0.2) is 34.6 Å². The number of carbonyl (C=O) groups excluding carboxylic acids is 2. The number of aryl methyl sites for hydroxylation is 2. The number of rotatable bonds is 3. The number of para-hydroxylation sites is 1. The van der Waals surface area contributed by atoms with Gasteiger partial charge < -0.3 is 9.64 Å². The minimum Gasteiger partial charge on any atom is -0.452 e. The molecule has 0 unspecified atom stereocenters. The van der Waals surface area contributed by atoms with Crippen LogP contribution in [-0.2, 0) is 28.9 Å². The highest BCUT2D eigenvalue weighted by Crippen LogP contribution is 2.26. The van der Waals surface area contributed by atoms with Crippen LogP contribution >= 0.6 is 0 Å². The molecule has 2 aromatic carbocycles. The van der Waals surface area contributed by atoms with Gasteiger partial charge in [0.15, 0.2) is 6.61 Å². The Kier molecular flexibility index (Phi) is 5.94. The Morgan fingerprint density at radius 2 is 1.79 bits per heavy atom. The number of benzene rings is 2. The van der Waals surface area contributed by atoms with Crippen molar-refractivity contribution in [1.82, 2.24) is 9.55 Å². The molecule has 0 radical (unpaired) electrons. The van der Waals surface area contributed by atoms with Crippen molar-refractivity contribution in [3.63, 3.8) is 0 Å². The Hall–Kier alpha value is -3.48. The fourth-order valence-electron chi connectivity index (χ4n) is 4.80. The van der Waals surface area contributed by atoms with Crippen LogP contribution in [0, 0.1) is 0 Å². The van der Waals surface area contributed by atoms with Gasteiger partial charge in [-0.3, -0.25) is 14.2 Å². The number of carbonyl (C=O) groups is 2. The summed E-state index contributed by atoms with van der Waals surface area (Å²) in [5.41, 5.74) is 2.74. The summed E-state index contributed by atoms with van der Waals surface area (Å²) in [4.78, 5) is 44.8. The summed E-state index contributed by atoms with van der Waals surface area (Å²) in [5, 5.41) is 0.497. The SMILES string of the molecule is O=C(OCC(=O)N1CCCc2ccccc21)c1ccc2c(=O)n3c(nc2c1)CCCCCC3. The van der Waals surface area contributed by atoms with Crippen LogP contribution in [0.3, 0.4) is 0 Å². The number of esters is 1. The summed E-state index contributed by atoms with van der Waals surface area (Å²) in [6.45, 7) is 0.969. The van der Waals surface area contributed by atoms with Gasteiger partial charge in [0.05, 0.1) is 16.5 Å². The van der Waals surface area contributed by atoms with Crippen molar-refractivity contribution >= 4 is 28.5 Å². The van der Waals surface area contributed by atoms with Gasteiger partial charge in [0.1, 0.15) is 5.82 Å². The van der Waals surface area contributed by atoms with Crippen LogP contribution < -0.4 is 10.5 Å². The van der Waals surface area contributed by atoms with Crippen LogP contribution in [0.1, 0.15) is 53.8 Å². The summed E-state index contributed by atoms with van der Waals surface area (Å²) in [5.74, 6) is -0.0603. The Labute approximate surface area is 192 Å². The lowest BCUT2D eigenvalue weighted by Crippen LogP contribution is -2.38. The molecule has 3 aromatic rings. The number of anilines is 1. The van der Waals surface area contributed by atoms with E-state index >= 15 is 0 Å². The lowest BCUT2D eigenvalue weighted by atomic mass is 10.0. The van der Waals surface area contributed by atoms with Gasteiger partial charge in [0.25, 0.3) is 11.5 Å². The van der Waals surface area contributed by atoms with E-state index in [2.05, 4.69) is 0 Å². The molecule has 33 heavy (non-hydrogen) atoms. The molecule has 2 aliphatic rings. The molecule has 3 heterocycles. The molecule has 170 valence electrons.